The van der Waals surface area contributed by atoms with E-state index in [4.69, 9.17) is 27.9 Å². The fraction of sp³-hybridized carbons (Fsp3) is 0.333. The van der Waals surface area contributed by atoms with E-state index >= 15 is 0 Å². The van der Waals surface area contributed by atoms with Gasteiger partial charge in [-0.2, -0.15) is 0 Å². The molecule has 0 bridgehead atoms. The number of ether oxygens (including phenoxy) is 1. The lowest BCUT2D eigenvalue weighted by atomic mass is 10.1. The Labute approximate surface area is 252 Å². The Morgan fingerprint density at radius 3 is 2.27 bits per heavy atom. The summed E-state index contributed by atoms with van der Waals surface area (Å²) in [5.41, 5.74) is 1.62. The molecule has 0 fully saturated rings. The predicted molar refractivity (Wildman–Crippen MR) is 163 cm³/mol. The van der Waals surface area contributed by atoms with E-state index in [-0.39, 0.29) is 34.8 Å². The van der Waals surface area contributed by atoms with Gasteiger partial charge >= 0.3 is 0 Å². The Hall–Kier alpha value is -3.27. The van der Waals surface area contributed by atoms with Crippen LogP contribution < -0.4 is 14.4 Å². The van der Waals surface area contributed by atoms with Crippen molar-refractivity contribution >= 4 is 50.7 Å². The van der Waals surface area contributed by atoms with E-state index < -0.39 is 28.5 Å². The number of hydrogen-bond acceptors (Lipinski definition) is 5. The number of para-hydroxylation sites is 2. The first-order valence-electron chi connectivity index (χ1n) is 13.1. The molecule has 0 unspecified atom stereocenters. The molecule has 2 amide bonds. The molecule has 0 spiro atoms. The lowest BCUT2D eigenvalue weighted by molar-refractivity contribution is -0.139. The van der Waals surface area contributed by atoms with E-state index in [9.17, 15) is 18.0 Å². The smallest absolute Gasteiger partial charge is 0.264 e. The van der Waals surface area contributed by atoms with Crippen molar-refractivity contribution in [1.82, 2.24) is 10.2 Å². The van der Waals surface area contributed by atoms with E-state index in [1.165, 1.54) is 24.1 Å². The summed E-state index contributed by atoms with van der Waals surface area (Å²) in [6, 6.07) is 16.7. The number of carbonyl (C=O) groups is 2. The van der Waals surface area contributed by atoms with Gasteiger partial charge in [0.15, 0.2) is 0 Å². The Kier molecular flexibility index (Phi) is 11.1. The van der Waals surface area contributed by atoms with Gasteiger partial charge in [0.05, 0.1) is 17.7 Å². The summed E-state index contributed by atoms with van der Waals surface area (Å²) in [6.45, 7) is 6.61. The highest BCUT2D eigenvalue weighted by Gasteiger charge is 2.34. The summed E-state index contributed by atoms with van der Waals surface area (Å²) in [4.78, 5) is 28.6. The lowest BCUT2D eigenvalue weighted by Crippen LogP contribution is -2.52. The zero-order valence-electron chi connectivity index (χ0n) is 23.7. The normalized spacial score (nSPS) is 12.8. The van der Waals surface area contributed by atoms with E-state index in [2.05, 4.69) is 5.32 Å². The van der Waals surface area contributed by atoms with Crippen LogP contribution in [0.15, 0.2) is 71.6 Å². The number of benzene rings is 3. The van der Waals surface area contributed by atoms with Gasteiger partial charge < -0.3 is 15.0 Å². The summed E-state index contributed by atoms with van der Waals surface area (Å²) >= 11 is 12.5. The molecule has 0 aromatic heterocycles. The van der Waals surface area contributed by atoms with Crippen LogP contribution in [0.4, 0.5) is 5.69 Å². The molecule has 2 atom stereocenters. The molecule has 0 saturated carbocycles. The standard InChI is InChI=1S/C30H35Cl2N3O5S/c1-6-21(3)33-30(37)22(4)34(18-23-13-14-24(31)17-26(23)32)29(36)19-35(27-9-7-8-10-28(27)40-5)41(38,39)25-15-11-20(2)12-16-25/h7-17,21-22H,6,18-19H2,1-5H3,(H,33,37)/t21-,22-/m0/s1. The van der Waals surface area contributed by atoms with Gasteiger partial charge in [-0.15, -0.1) is 0 Å². The number of anilines is 1. The maximum Gasteiger partial charge on any atom is 0.264 e. The predicted octanol–water partition coefficient (Wildman–Crippen LogP) is 5.84. The van der Waals surface area contributed by atoms with Gasteiger partial charge in [-0.1, -0.05) is 66.0 Å². The third-order valence-electron chi connectivity index (χ3n) is 6.77. The lowest BCUT2D eigenvalue weighted by Gasteiger charge is -2.33. The number of sulfonamides is 1. The average Bonchev–Trinajstić information content (AvgIpc) is 2.95. The summed E-state index contributed by atoms with van der Waals surface area (Å²) in [5.74, 6) is -0.710. The first kappa shape index (κ1) is 32.2. The fourth-order valence-corrected chi connectivity index (χ4v) is 5.96. The molecule has 0 radical (unpaired) electrons. The van der Waals surface area contributed by atoms with Crippen molar-refractivity contribution < 1.29 is 22.7 Å². The van der Waals surface area contributed by atoms with Crippen LogP contribution in [0.1, 0.15) is 38.3 Å². The molecular formula is C30H35Cl2N3O5S. The number of halogens is 2. The molecule has 0 aliphatic heterocycles. The van der Waals surface area contributed by atoms with Gasteiger partial charge in [-0.25, -0.2) is 8.42 Å². The van der Waals surface area contributed by atoms with E-state index in [0.717, 1.165) is 9.87 Å². The quantitative estimate of drug-likeness (QED) is 0.275. The number of hydrogen-bond donors (Lipinski definition) is 1. The molecule has 3 aromatic rings. The minimum absolute atomic E-state index is 0.0108. The summed E-state index contributed by atoms with van der Waals surface area (Å²) < 4.78 is 34.5. The highest BCUT2D eigenvalue weighted by atomic mass is 35.5. The summed E-state index contributed by atoms with van der Waals surface area (Å²) in [5, 5.41) is 3.64. The van der Waals surface area contributed by atoms with Crippen LogP contribution in [0, 0.1) is 6.92 Å². The van der Waals surface area contributed by atoms with Crippen LogP contribution in [0.5, 0.6) is 5.75 Å². The number of carbonyl (C=O) groups excluding carboxylic acids is 2. The third kappa shape index (κ3) is 7.93. The van der Waals surface area contributed by atoms with Gasteiger partial charge in [0.2, 0.25) is 11.8 Å². The first-order chi connectivity index (χ1) is 19.4. The van der Waals surface area contributed by atoms with Crippen molar-refractivity contribution in [2.75, 3.05) is 18.0 Å². The number of amides is 2. The average molecular weight is 621 g/mol. The van der Waals surface area contributed by atoms with Crippen LogP contribution in [0.25, 0.3) is 0 Å². The summed E-state index contributed by atoms with van der Waals surface area (Å²) in [7, 11) is -2.80. The van der Waals surface area contributed by atoms with Crippen molar-refractivity contribution in [3.8, 4) is 5.75 Å². The number of nitrogens with one attached hydrogen (secondary N) is 1. The van der Waals surface area contributed by atoms with Gasteiger partial charge in [-0.05, 0) is 69.2 Å². The van der Waals surface area contributed by atoms with Crippen LogP contribution in [0.2, 0.25) is 10.0 Å². The second-order valence-electron chi connectivity index (χ2n) is 9.75. The molecule has 41 heavy (non-hydrogen) atoms. The van der Waals surface area contributed by atoms with E-state index in [1.807, 2.05) is 20.8 Å². The Morgan fingerprint density at radius 2 is 1.66 bits per heavy atom. The molecule has 8 nitrogen and oxygen atoms in total. The Morgan fingerprint density at radius 1 is 1.00 bits per heavy atom. The van der Waals surface area contributed by atoms with Crippen LogP contribution in [-0.2, 0) is 26.2 Å². The zero-order chi connectivity index (χ0) is 30.3. The van der Waals surface area contributed by atoms with Gasteiger partial charge in [0.25, 0.3) is 10.0 Å². The molecule has 1 N–H and O–H groups in total. The third-order valence-corrected chi connectivity index (χ3v) is 9.13. The van der Waals surface area contributed by atoms with Crippen molar-refractivity contribution in [2.45, 2.75) is 57.6 Å². The summed E-state index contributed by atoms with van der Waals surface area (Å²) in [6.07, 6.45) is 0.700. The molecule has 0 aliphatic carbocycles. The van der Waals surface area contributed by atoms with Crippen LogP contribution in [-0.4, -0.2) is 50.9 Å². The number of nitrogens with zero attached hydrogens (tertiary/aromatic N) is 2. The maximum absolute atomic E-state index is 14.1. The molecular weight excluding hydrogens is 585 g/mol. The fourth-order valence-electron chi connectivity index (χ4n) is 4.07. The monoisotopic (exact) mass is 619 g/mol. The minimum Gasteiger partial charge on any atom is -0.495 e. The molecule has 220 valence electrons. The number of aryl methyl sites for hydroxylation is 1. The topological polar surface area (TPSA) is 96.0 Å². The van der Waals surface area contributed by atoms with Crippen molar-refractivity contribution in [1.29, 1.82) is 0 Å². The minimum atomic E-state index is -4.23. The van der Waals surface area contributed by atoms with Crippen LogP contribution in [0.3, 0.4) is 0 Å². The SMILES string of the molecule is CC[C@H](C)NC(=O)[C@H](C)N(Cc1ccc(Cl)cc1Cl)C(=O)CN(c1ccccc1OC)S(=O)(=O)c1ccc(C)cc1. The highest BCUT2D eigenvalue weighted by molar-refractivity contribution is 7.92. The van der Waals surface area contributed by atoms with Gasteiger partial charge in [0.1, 0.15) is 18.3 Å². The second kappa shape index (κ2) is 14.1. The van der Waals surface area contributed by atoms with Gasteiger partial charge in [-0.3, -0.25) is 13.9 Å². The number of methoxy groups -OCH3 is 1. The first-order valence-corrected chi connectivity index (χ1v) is 15.3. The molecule has 0 aliphatic rings. The van der Waals surface area contributed by atoms with E-state index in [0.29, 0.717) is 22.0 Å². The van der Waals surface area contributed by atoms with Crippen molar-refractivity contribution in [3.05, 3.63) is 87.9 Å². The molecule has 11 heteroatoms. The number of rotatable bonds is 12. The largest absolute Gasteiger partial charge is 0.495 e. The highest BCUT2D eigenvalue weighted by Crippen LogP contribution is 2.33. The molecule has 3 rings (SSSR count). The van der Waals surface area contributed by atoms with Crippen LogP contribution >= 0.6 is 23.2 Å². The van der Waals surface area contributed by atoms with Crippen molar-refractivity contribution in [3.63, 3.8) is 0 Å². The molecule has 3 aromatic carbocycles. The zero-order valence-corrected chi connectivity index (χ0v) is 26.1. The second-order valence-corrected chi connectivity index (χ2v) is 12.5. The van der Waals surface area contributed by atoms with E-state index in [1.54, 1.807) is 61.5 Å². The molecule has 0 heterocycles. The maximum atomic E-state index is 14.1. The Bertz CT molecular complexity index is 1480. The van der Waals surface area contributed by atoms with Crippen molar-refractivity contribution in [2.24, 2.45) is 0 Å². The molecule has 0 saturated heterocycles. The van der Waals surface area contributed by atoms with Gasteiger partial charge in [0, 0.05) is 22.6 Å². The Balaban J connectivity index is 2.08.